The highest BCUT2D eigenvalue weighted by Gasteiger charge is 2.15. The number of hydrogen-bond acceptors (Lipinski definition) is 4. The summed E-state index contributed by atoms with van der Waals surface area (Å²) < 4.78 is 0. The predicted molar refractivity (Wildman–Crippen MR) is 58.5 cm³/mol. The van der Waals surface area contributed by atoms with Crippen molar-refractivity contribution in [3.63, 3.8) is 0 Å². The van der Waals surface area contributed by atoms with Crippen LogP contribution in [0.3, 0.4) is 0 Å². The predicted octanol–water partition coefficient (Wildman–Crippen LogP) is 1.63. The Kier molecular flexibility index (Phi) is 3.37. The molecule has 1 atom stereocenters. The normalized spacial score (nSPS) is 22.2. The molecule has 0 radical (unpaired) electrons. The Morgan fingerprint density at radius 3 is 3.21 bits per heavy atom. The summed E-state index contributed by atoms with van der Waals surface area (Å²) in [5.74, 6) is 0. The average molecular weight is 209 g/mol. The van der Waals surface area contributed by atoms with Gasteiger partial charge in [0.25, 0.3) is 0 Å². The highest BCUT2D eigenvalue weighted by atomic mass is 32.2. The van der Waals surface area contributed by atoms with Gasteiger partial charge in [-0.1, -0.05) is 11.8 Å². The molecule has 3 nitrogen and oxygen atoms in total. The Morgan fingerprint density at radius 2 is 2.50 bits per heavy atom. The molecule has 2 heterocycles. The van der Waals surface area contributed by atoms with E-state index < -0.39 is 0 Å². The van der Waals surface area contributed by atoms with Gasteiger partial charge >= 0.3 is 0 Å². The first kappa shape index (κ1) is 9.93. The molecule has 0 amide bonds. The van der Waals surface area contributed by atoms with E-state index >= 15 is 0 Å². The highest BCUT2D eigenvalue weighted by molar-refractivity contribution is 7.99. The van der Waals surface area contributed by atoms with E-state index in [-0.39, 0.29) is 0 Å². The largest absolute Gasteiger partial charge is 0.316 e. The second-order valence-electron chi connectivity index (χ2n) is 3.57. The van der Waals surface area contributed by atoms with Crippen LogP contribution in [0, 0.1) is 6.92 Å². The van der Waals surface area contributed by atoms with Crippen LogP contribution in [0.4, 0.5) is 0 Å². The lowest BCUT2D eigenvalue weighted by Gasteiger charge is -2.21. The van der Waals surface area contributed by atoms with Crippen LogP contribution >= 0.6 is 11.8 Å². The van der Waals surface area contributed by atoms with E-state index in [2.05, 4.69) is 15.3 Å². The molecular formula is C10H15N3S. The van der Waals surface area contributed by atoms with Crippen molar-refractivity contribution in [2.45, 2.75) is 30.2 Å². The summed E-state index contributed by atoms with van der Waals surface area (Å²) in [4.78, 5) is 8.65. The van der Waals surface area contributed by atoms with Crippen molar-refractivity contribution >= 4 is 11.8 Å². The summed E-state index contributed by atoms with van der Waals surface area (Å²) in [6, 6.07) is 1.93. The van der Waals surface area contributed by atoms with Crippen LogP contribution in [-0.4, -0.2) is 28.3 Å². The first-order valence-electron chi connectivity index (χ1n) is 5.01. The van der Waals surface area contributed by atoms with Crippen molar-refractivity contribution in [3.8, 4) is 0 Å². The molecule has 76 valence electrons. The second-order valence-corrected chi connectivity index (χ2v) is 4.83. The maximum absolute atomic E-state index is 4.39. The van der Waals surface area contributed by atoms with Crippen molar-refractivity contribution in [3.05, 3.63) is 18.0 Å². The zero-order chi connectivity index (χ0) is 9.80. The van der Waals surface area contributed by atoms with Crippen LogP contribution in [0.5, 0.6) is 0 Å². The first-order valence-corrected chi connectivity index (χ1v) is 5.89. The molecule has 0 spiro atoms. The van der Waals surface area contributed by atoms with E-state index in [1.54, 1.807) is 11.8 Å². The molecule has 2 rings (SSSR count). The summed E-state index contributed by atoms with van der Waals surface area (Å²) in [5.41, 5.74) is 1.05. The minimum absolute atomic E-state index is 0.644. The molecule has 4 heteroatoms. The topological polar surface area (TPSA) is 37.8 Å². The molecule has 1 aliphatic heterocycles. The maximum atomic E-state index is 4.39. The Balaban J connectivity index is 1.95. The van der Waals surface area contributed by atoms with Crippen molar-refractivity contribution in [2.75, 3.05) is 13.1 Å². The number of hydrogen-bond donors (Lipinski definition) is 1. The zero-order valence-corrected chi connectivity index (χ0v) is 9.18. The van der Waals surface area contributed by atoms with Crippen molar-refractivity contribution < 1.29 is 0 Å². The smallest absolute Gasteiger partial charge is 0.188 e. The van der Waals surface area contributed by atoms with Gasteiger partial charge in [-0.3, -0.25) is 0 Å². The van der Waals surface area contributed by atoms with Gasteiger partial charge in [-0.25, -0.2) is 9.97 Å². The minimum Gasteiger partial charge on any atom is -0.316 e. The third kappa shape index (κ3) is 2.69. The fourth-order valence-corrected chi connectivity index (χ4v) is 2.65. The van der Waals surface area contributed by atoms with E-state index in [4.69, 9.17) is 0 Å². The summed E-state index contributed by atoms with van der Waals surface area (Å²) in [7, 11) is 0. The third-order valence-electron chi connectivity index (χ3n) is 2.30. The standard InChI is InChI=1S/C10H15N3S/c1-8-4-6-12-10(13-8)14-9-3-2-5-11-7-9/h4,6,9,11H,2-3,5,7H2,1H3. The molecule has 0 saturated carbocycles. The molecule has 1 aromatic rings. The monoisotopic (exact) mass is 209 g/mol. The van der Waals surface area contributed by atoms with E-state index in [0.29, 0.717) is 5.25 Å². The van der Waals surface area contributed by atoms with E-state index in [0.717, 1.165) is 23.9 Å². The van der Waals surface area contributed by atoms with Crippen LogP contribution in [0.25, 0.3) is 0 Å². The van der Waals surface area contributed by atoms with E-state index in [1.165, 1.54) is 12.8 Å². The molecule has 1 aromatic heterocycles. The fraction of sp³-hybridized carbons (Fsp3) is 0.600. The second kappa shape index (κ2) is 4.75. The number of aromatic nitrogens is 2. The summed E-state index contributed by atoms with van der Waals surface area (Å²) in [6.45, 7) is 4.25. The SMILES string of the molecule is Cc1ccnc(SC2CCCNC2)n1. The van der Waals surface area contributed by atoms with Gasteiger partial charge in [-0.15, -0.1) is 0 Å². The van der Waals surface area contributed by atoms with Gasteiger partial charge in [0, 0.05) is 23.7 Å². The molecule has 1 fully saturated rings. The van der Waals surface area contributed by atoms with Gasteiger partial charge in [0.2, 0.25) is 0 Å². The molecule has 14 heavy (non-hydrogen) atoms. The summed E-state index contributed by atoms with van der Waals surface area (Å²) in [5, 5.41) is 4.95. The molecule has 1 N–H and O–H groups in total. The number of aryl methyl sites for hydroxylation is 1. The van der Waals surface area contributed by atoms with E-state index in [1.807, 2.05) is 19.2 Å². The Morgan fingerprint density at radius 1 is 1.57 bits per heavy atom. The molecule has 1 aliphatic rings. The van der Waals surface area contributed by atoms with Crippen LogP contribution in [0.2, 0.25) is 0 Å². The summed E-state index contributed by atoms with van der Waals surface area (Å²) in [6.07, 6.45) is 4.37. The van der Waals surface area contributed by atoms with Gasteiger partial charge in [0.05, 0.1) is 0 Å². The van der Waals surface area contributed by atoms with E-state index in [9.17, 15) is 0 Å². The lowest BCUT2D eigenvalue weighted by Crippen LogP contribution is -2.31. The van der Waals surface area contributed by atoms with Crippen LogP contribution in [0.15, 0.2) is 17.4 Å². The quantitative estimate of drug-likeness (QED) is 0.751. The molecular weight excluding hydrogens is 194 g/mol. The minimum atomic E-state index is 0.644. The third-order valence-corrected chi connectivity index (χ3v) is 3.44. The molecule has 0 bridgehead atoms. The van der Waals surface area contributed by atoms with Crippen LogP contribution in [0.1, 0.15) is 18.5 Å². The lowest BCUT2D eigenvalue weighted by molar-refractivity contribution is 0.530. The van der Waals surface area contributed by atoms with Crippen molar-refractivity contribution in [2.24, 2.45) is 0 Å². The number of nitrogens with one attached hydrogen (secondary N) is 1. The zero-order valence-electron chi connectivity index (χ0n) is 8.36. The van der Waals surface area contributed by atoms with Gasteiger partial charge < -0.3 is 5.32 Å². The fourth-order valence-electron chi connectivity index (χ4n) is 1.55. The number of thioether (sulfide) groups is 1. The first-order chi connectivity index (χ1) is 6.84. The number of rotatable bonds is 2. The van der Waals surface area contributed by atoms with Crippen molar-refractivity contribution in [1.29, 1.82) is 0 Å². The van der Waals surface area contributed by atoms with Gasteiger partial charge in [0.15, 0.2) is 5.16 Å². The van der Waals surface area contributed by atoms with Gasteiger partial charge in [-0.2, -0.15) is 0 Å². The molecule has 1 unspecified atom stereocenters. The Hall–Kier alpha value is -0.610. The van der Waals surface area contributed by atoms with Gasteiger partial charge in [-0.05, 0) is 32.4 Å². The van der Waals surface area contributed by atoms with Crippen LogP contribution in [-0.2, 0) is 0 Å². The van der Waals surface area contributed by atoms with Crippen molar-refractivity contribution in [1.82, 2.24) is 15.3 Å². The average Bonchev–Trinajstić information content (AvgIpc) is 2.19. The summed E-state index contributed by atoms with van der Waals surface area (Å²) >= 11 is 1.79. The molecule has 0 aliphatic carbocycles. The lowest BCUT2D eigenvalue weighted by atomic mass is 10.2. The Labute approximate surface area is 88.7 Å². The molecule has 0 aromatic carbocycles. The Bertz CT molecular complexity index is 297. The van der Waals surface area contributed by atoms with Gasteiger partial charge in [0.1, 0.15) is 0 Å². The number of piperidine rings is 1. The van der Waals surface area contributed by atoms with Crippen LogP contribution < -0.4 is 5.32 Å². The number of nitrogens with zero attached hydrogens (tertiary/aromatic N) is 2. The maximum Gasteiger partial charge on any atom is 0.188 e. The molecule has 1 saturated heterocycles. The highest BCUT2D eigenvalue weighted by Crippen LogP contribution is 2.23.